The number of aryl methyl sites for hydroxylation is 1. The molecule has 0 spiro atoms. The third kappa shape index (κ3) is 5.84. The fraction of sp³-hybridized carbons (Fsp3) is 0.467. The predicted molar refractivity (Wildman–Crippen MR) is 139 cm³/mol. The SMILES string of the molecule is CCc1ccc2cccc(C(O)CC3CCCC(C/C=C/Cc4cc5c(cn4)OCCO5)C3)c2n1. The van der Waals surface area contributed by atoms with Crippen molar-refractivity contribution < 1.29 is 14.6 Å². The van der Waals surface area contributed by atoms with Crippen molar-refractivity contribution in [2.45, 2.75) is 64.4 Å². The summed E-state index contributed by atoms with van der Waals surface area (Å²) in [5.74, 6) is 2.78. The van der Waals surface area contributed by atoms with Gasteiger partial charge in [-0.1, -0.05) is 62.6 Å². The number of benzene rings is 1. The number of fused-ring (bicyclic) bond motifs is 2. The maximum atomic E-state index is 11.2. The second-order valence-electron chi connectivity index (χ2n) is 9.96. The van der Waals surface area contributed by atoms with Crippen molar-refractivity contribution in [1.29, 1.82) is 0 Å². The second-order valence-corrected chi connectivity index (χ2v) is 9.96. The van der Waals surface area contributed by atoms with Gasteiger partial charge >= 0.3 is 0 Å². The van der Waals surface area contributed by atoms with Gasteiger partial charge < -0.3 is 14.6 Å². The molecule has 3 heterocycles. The van der Waals surface area contributed by atoms with Crippen LogP contribution < -0.4 is 9.47 Å². The predicted octanol–water partition coefficient (Wildman–Crippen LogP) is 6.38. The fourth-order valence-electron chi connectivity index (χ4n) is 5.54. The number of para-hydroxylation sites is 1. The van der Waals surface area contributed by atoms with Crippen LogP contribution in [0.4, 0.5) is 0 Å². The number of allylic oxidation sites excluding steroid dienone is 2. The minimum Gasteiger partial charge on any atom is -0.486 e. The van der Waals surface area contributed by atoms with Crippen LogP contribution in [0.2, 0.25) is 0 Å². The van der Waals surface area contributed by atoms with Gasteiger partial charge in [0.1, 0.15) is 13.2 Å². The van der Waals surface area contributed by atoms with Gasteiger partial charge in [-0.3, -0.25) is 9.97 Å². The highest BCUT2D eigenvalue weighted by Crippen LogP contribution is 2.37. The summed E-state index contributed by atoms with van der Waals surface area (Å²) in [6.45, 7) is 3.31. The second kappa shape index (κ2) is 11.2. The first-order valence-electron chi connectivity index (χ1n) is 13.2. The van der Waals surface area contributed by atoms with Gasteiger partial charge in [0.2, 0.25) is 0 Å². The molecule has 3 aromatic rings. The minimum absolute atomic E-state index is 0.459. The van der Waals surface area contributed by atoms with Crippen LogP contribution in [-0.2, 0) is 12.8 Å². The van der Waals surface area contributed by atoms with Gasteiger partial charge in [0.15, 0.2) is 11.5 Å². The van der Waals surface area contributed by atoms with Crippen molar-refractivity contribution in [3.8, 4) is 11.5 Å². The molecule has 3 atom stereocenters. The number of rotatable bonds is 8. The van der Waals surface area contributed by atoms with Crippen LogP contribution in [-0.4, -0.2) is 28.3 Å². The summed E-state index contributed by atoms with van der Waals surface area (Å²) in [4.78, 5) is 9.33. The van der Waals surface area contributed by atoms with Gasteiger partial charge in [0, 0.05) is 34.8 Å². The first-order valence-corrected chi connectivity index (χ1v) is 13.2. The van der Waals surface area contributed by atoms with Gasteiger partial charge in [-0.15, -0.1) is 0 Å². The summed E-state index contributed by atoms with van der Waals surface area (Å²) in [5.41, 5.74) is 4.02. The molecule has 0 bridgehead atoms. The molecule has 1 aromatic carbocycles. The lowest BCUT2D eigenvalue weighted by molar-refractivity contribution is 0.121. The molecule has 0 amide bonds. The summed E-state index contributed by atoms with van der Waals surface area (Å²) in [6.07, 6.45) is 14.4. The molecular formula is C30H36N2O3. The number of pyridine rings is 2. The first-order chi connectivity index (χ1) is 17.2. The molecule has 5 heteroatoms. The summed E-state index contributed by atoms with van der Waals surface area (Å²) in [5, 5.41) is 12.3. The molecule has 0 saturated heterocycles. The van der Waals surface area contributed by atoms with E-state index in [1.165, 1.54) is 25.7 Å². The van der Waals surface area contributed by atoms with Crippen molar-refractivity contribution in [2.24, 2.45) is 11.8 Å². The lowest BCUT2D eigenvalue weighted by Crippen LogP contribution is -2.18. The lowest BCUT2D eigenvalue weighted by Gasteiger charge is -2.30. The molecule has 35 heavy (non-hydrogen) atoms. The van der Waals surface area contributed by atoms with Crippen LogP contribution in [0.15, 0.2) is 54.7 Å². The van der Waals surface area contributed by atoms with Crippen LogP contribution in [0.3, 0.4) is 0 Å². The van der Waals surface area contributed by atoms with E-state index in [0.717, 1.165) is 65.0 Å². The number of hydrogen-bond donors (Lipinski definition) is 1. The Morgan fingerprint density at radius 1 is 1.03 bits per heavy atom. The van der Waals surface area contributed by atoms with E-state index in [1.807, 2.05) is 18.2 Å². The smallest absolute Gasteiger partial charge is 0.179 e. The molecule has 2 aromatic heterocycles. The van der Waals surface area contributed by atoms with Crippen molar-refractivity contribution >= 4 is 10.9 Å². The Hall–Kier alpha value is -2.92. The van der Waals surface area contributed by atoms with Crippen molar-refractivity contribution in [3.05, 3.63) is 71.7 Å². The van der Waals surface area contributed by atoms with Crippen LogP contribution in [0.1, 0.15) is 68.5 Å². The van der Waals surface area contributed by atoms with E-state index < -0.39 is 6.10 Å². The fourth-order valence-corrected chi connectivity index (χ4v) is 5.54. The van der Waals surface area contributed by atoms with Crippen molar-refractivity contribution in [1.82, 2.24) is 9.97 Å². The van der Waals surface area contributed by atoms with Gasteiger partial charge in [0.25, 0.3) is 0 Å². The van der Waals surface area contributed by atoms with Gasteiger partial charge in [0.05, 0.1) is 17.8 Å². The number of aromatic nitrogens is 2. The quantitative estimate of drug-likeness (QED) is 0.385. The molecule has 1 aliphatic heterocycles. The molecular weight excluding hydrogens is 436 g/mol. The van der Waals surface area contributed by atoms with E-state index in [4.69, 9.17) is 14.5 Å². The zero-order chi connectivity index (χ0) is 24.0. The minimum atomic E-state index is -0.459. The Morgan fingerprint density at radius 3 is 2.77 bits per heavy atom. The number of aliphatic hydroxyl groups is 1. The highest BCUT2D eigenvalue weighted by Gasteiger charge is 2.25. The first kappa shape index (κ1) is 23.8. The van der Waals surface area contributed by atoms with Crippen molar-refractivity contribution in [2.75, 3.05) is 13.2 Å². The Kier molecular flexibility index (Phi) is 7.63. The van der Waals surface area contributed by atoms with E-state index in [1.54, 1.807) is 6.20 Å². The van der Waals surface area contributed by atoms with Gasteiger partial charge in [-0.05, 0) is 43.6 Å². The van der Waals surface area contributed by atoms with E-state index in [9.17, 15) is 5.11 Å². The third-order valence-corrected chi connectivity index (χ3v) is 7.43. The monoisotopic (exact) mass is 472 g/mol. The summed E-state index contributed by atoms with van der Waals surface area (Å²) in [7, 11) is 0. The van der Waals surface area contributed by atoms with E-state index in [2.05, 4.69) is 42.3 Å². The molecule has 1 saturated carbocycles. The normalized spacial score (nSPS) is 20.9. The lowest BCUT2D eigenvalue weighted by atomic mass is 9.77. The Morgan fingerprint density at radius 2 is 1.89 bits per heavy atom. The van der Waals surface area contributed by atoms with Gasteiger partial charge in [-0.2, -0.15) is 0 Å². The number of aliphatic hydroxyl groups excluding tert-OH is 1. The topological polar surface area (TPSA) is 64.5 Å². The average molecular weight is 473 g/mol. The number of hydrogen-bond acceptors (Lipinski definition) is 5. The highest BCUT2D eigenvalue weighted by molar-refractivity contribution is 5.82. The van der Waals surface area contributed by atoms with Crippen molar-refractivity contribution in [3.63, 3.8) is 0 Å². The zero-order valence-corrected chi connectivity index (χ0v) is 20.7. The standard InChI is InChI=1S/C30H36N2O3/c1-2-24-14-13-23-10-6-12-26(30(23)32-24)27(33)18-22-9-5-8-21(17-22)7-3-4-11-25-19-28-29(20-31-25)35-16-15-34-28/h3-4,6,10,12-14,19-22,27,33H,2,5,7-9,11,15-18H2,1H3/b4-3+. The van der Waals surface area contributed by atoms with E-state index in [0.29, 0.717) is 25.0 Å². The molecule has 1 aliphatic carbocycles. The molecule has 0 radical (unpaired) electrons. The Bertz CT molecular complexity index is 1180. The maximum Gasteiger partial charge on any atom is 0.179 e. The molecule has 184 valence electrons. The van der Waals surface area contributed by atoms with Crippen LogP contribution in [0, 0.1) is 11.8 Å². The number of nitrogens with zero attached hydrogens (tertiary/aromatic N) is 2. The zero-order valence-electron chi connectivity index (χ0n) is 20.7. The molecule has 5 nitrogen and oxygen atoms in total. The Labute approximate surface area is 208 Å². The molecule has 5 rings (SSSR count). The summed E-state index contributed by atoms with van der Waals surface area (Å²) < 4.78 is 11.2. The third-order valence-electron chi connectivity index (χ3n) is 7.43. The van der Waals surface area contributed by atoms with Crippen LogP contribution >= 0.6 is 0 Å². The highest BCUT2D eigenvalue weighted by atomic mass is 16.6. The number of ether oxygens (including phenoxy) is 2. The van der Waals surface area contributed by atoms with E-state index >= 15 is 0 Å². The maximum absolute atomic E-state index is 11.2. The average Bonchev–Trinajstić information content (AvgIpc) is 2.90. The van der Waals surface area contributed by atoms with Crippen LogP contribution in [0.25, 0.3) is 10.9 Å². The Balaban J connectivity index is 1.15. The molecule has 3 unspecified atom stereocenters. The molecule has 2 aliphatic rings. The van der Waals surface area contributed by atoms with E-state index in [-0.39, 0.29) is 0 Å². The molecule has 1 N–H and O–H groups in total. The van der Waals surface area contributed by atoms with Crippen LogP contribution in [0.5, 0.6) is 11.5 Å². The summed E-state index contributed by atoms with van der Waals surface area (Å²) >= 11 is 0. The molecule has 1 fully saturated rings. The largest absolute Gasteiger partial charge is 0.486 e. The van der Waals surface area contributed by atoms with Gasteiger partial charge in [-0.25, -0.2) is 0 Å². The summed E-state index contributed by atoms with van der Waals surface area (Å²) in [6, 6.07) is 12.4.